The number of rotatable bonds is 6. The van der Waals surface area contributed by atoms with Crippen molar-refractivity contribution in [3.8, 4) is 17.0 Å². The molecule has 7 nitrogen and oxygen atoms in total. The molecule has 1 aromatic heterocycles. The molecule has 11 heteroatoms. The van der Waals surface area contributed by atoms with E-state index >= 15 is 0 Å². The summed E-state index contributed by atoms with van der Waals surface area (Å²) in [5, 5.41) is 10.0. The zero-order chi connectivity index (χ0) is 24.9. The van der Waals surface area contributed by atoms with Gasteiger partial charge in [-0.25, -0.2) is 23.2 Å². The number of nitrogens with one attached hydrogen (secondary N) is 2. The van der Waals surface area contributed by atoms with Gasteiger partial charge in [-0.3, -0.25) is 5.32 Å². The fourth-order valence-corrected chi connectivity index (χ4v) is 3.48. The summed E-state index contributed by atoms with van der Waals surface area (Å²) in [6.45, 7) is 0. The molecule has 0 bridgehead atoms. The van der Waals surface area contributed by atoms with Crippen LogP contribution in [0.5, 0.6) is 5.75 Å². The van der Waals surface area contributed by atoms with Gasteiger partial charge in [-0.05, 0) is 48.5 Å². The van der Waals surface area contributed by atoms with Crippen LogP contribution < -0.4 is 15.4 Å². The van der Waals surface area contributed by atoms with Gasteiger partial charge in [0.15, 0.2) is 0 Å². The number of carbonyl (C=O) groups is 1. The summed E-state index contributed by atoms with van der Waals surface area (Å²) < 4.78 is 33.6. The van der Waals surface area contributed by atoms with E-state index in [-0.39, 0.29) is 11.6 Å². The maximum absolute atomic E-state index is 13.9. The number of anilines is 2. The van der Waals surface area contributed by atoms with Gasteiger partial charge in [-0.2, -0.15) is 5.10 Å². The van der Waals surface area contributed by atoms with Gasteiger partial charge in [0.25, 0.3) is 0 Å². The van der Waals surface area contributed by atoms with Crippen molar-refractivity contribution in [3.63, 3.8) is 0 Å². The number of nitrogens with zero attached hydrogens (tertiary/aromatic N) is 3. The molecular formula is C24H17Cl2F2N5O2. The molecule has 4 aromatic rings. The highest BCUT2D eigenvalue weighted by Crippen LogP contribution is 2.25. The van der Waals surface area contributed by atoms with Gasteiger partial charge in [0.2, 0.25) is 5.95 Å². The van der Waals surface area contributed by atoms with Gasteiger partial charge in [0.05, 0.1) is 35.9 Å². The number of hydrogen-bond acceptors (Lipinski definition) is 4. The fourth-order valence-electron chi connectivity index (χ4n) is 3.02. The largest absolute Gasteiger partial charge is 0.497 e. The van der Waals surface area contributed by atoms with E-state index in [1.54, 1.807) is 55.8 Å². The quantitative estimate of drug-likeness (QED) is 0.281. The van der Waals surface area contributed by atoms with E-state index in [9.17, 15) is 13.6 Å². The Bertz CT molecular complexity index is 1410. The second kappa shape index (κ2) is 10.5. The smallest absolute Gasteiger partial charge is 0.326 e. The molecule has 3 aromatic carbocycles. The standard InChI is InChI=1S/C24H17Cl2F2N5O2/c1-35-18-7-3-14(4-8-18)22-13-33(29-12-15-2-5-16(25)10-19(15)26)23(30-22)32-24(34)31-21-9-6-17(27)11-20(21)28/h2-13H,1H3,(H2,30,31,32,34)/b29-12-. The lowest BCUT2D eigenvalue weighted by Crippen LogP contribution is -2.22. The number of imidazole rings is 1. The predicted octanol–water partition coefficient (Wildman–Crippen LogP) is 6.67. The van der Waals surface area contributed by atoms with E-state index in [4.69, 9.17) is 27.9 Å². The molecule has 0 aliphatic rings. The van der Waals surface area contributed by atoms with E-state index in [1.165, 1.54) is 10.9 Å². The lowest BCUT2D eigenvalue weighted by Gasteiger charge is -2.08. The minimum atomic E-state index is -0.919. The van der Waals surface area contributed by atoms with Gasteiger partial charge >= 0.3 is 6.03 Å². The van der Waals surface area contributed by atoms with Crippen molar-refractivity contribution in [2.45, 2.75) is 0 Å². The number of amides is 2. The van der Waals surface area contributed by atoms with Gasteiger partial charge in [0, 0.05) is 22.2 Å². The van der Waals surface area contributed by atoms with Crippen LogP contribution in [0.1, 0.15) is 5.56 Å². The first-order valence-electron chi connectivity index (χ1n) is 10.1. The molecule has 178 valence electrons. The molecule has 4 rings (SSSR count). The normalized spacial score (nSPS) is 11.0. The first-order valence-corrected chi connectivity index (χ1v) is 10.8. The molecule has 0 saturated heterocycles. The van der Waals surface area contributed by atoms with Gasteiger partial charge in [0.1, 0.15) is 17.4 Å². The predicted molar refractivity (Wildman–Crippen MR) is 133 cm³/mol. The molecule has 0 radical (unpaired) electrons. The molecule has 0 atom stereocenters. The van der Waals surface area contributed by atoms with E-state index in [1.807, 2.05) is 0 Å². The number of aromatic nitrogens is 2. The van der Waals surface area contributed by atoms with E-state index in [2.05, 4.69) is 20.7 Å². The molecule has 2 amide bonds. The van der Waals surface area contributed by atoms with Crippen molar-refractivity contribution in [1.82, 2.24) is 9.66 Å². The Morgan fingerprint density at radius 1 is 1.06 bits per heavy atom. The highest BCUT2D eigenvalue weighted by atomic mass is 35.5. The van der Waals surface area contributed by atoms with Crippen LogP contribution in [-0.4, -0.2) is 29.0 Å². The van der Waals surface area contributed by atoms with Crippen molar-refractivity contribution < 1.29 is 18.3 Å². The van der Waals surface area contributed by atoms with E-state index in [0.717, 1.165) is 17.7 Å². The summed E-state index contributed by atoms with van der Waals surface area (Å²) >= 11 is 12.2. The molecule has 1 heterocycles. The Morgan fingerprint density at radius 2 is 1.83 bits per heavy atom. The Labute approximate surface area is 209 Å². The number of methoxy groups -OCH3 is 1. The molecule has 0 unspecified atom stereocenters. The van der Waals surface area contributed by atoms with Crippen LogP contribution in [0, 0.1) is 11.6 Å². The average Bonchev–Trinajstić information content (AvgIpc) is 3.22. The Morgan fingerprint density at radius 3 is 2.51 bits per heavy atom. The SMILES string of the molecule is COc1ccc(-c2cn(/N=C\c3ccc(Cl)cc3Cl)c(NC(=O)Nc3ccc(F)cc3F)n2)cc1. The molecule has 0 saturated carbocycles. The maximum Gasteiger partial charge on any atom is 0.326 e. The van der Waals surface area contributed by atoms with E-state index in [0.29, 0.717) is 33.1 Å². The summed E-state index contributed by atoms with van der Waals surface area (Å²) in [6.07, 6.45) is 3.07. The fraction of sp³-hybridized carbons (Fsp3) is 0.0417. The first kappa shape index (κ1) is 24.2. The lowest BCUT2D eigenvalue weighted by molar-refractivity contribution is 0.262. The number of hydrogen-bond donors (Lipinski definition) is 2. The Kier molecular flexibility index (Phi) is 7.28. The molecule has 0 aliphatic carbocycles. The zero-order valence-electron chi connectivity index (χ0n) is 18.1. The van der Waals surface area contributed by atoms with Gasteiger partial charge in [-0.1, -0.05) is 29.3 Å². The number of benzene rings is 3. The second-order valence-electron chi connectivity index (χ2n) is 7.14. The number of ether oxygens (including phenoxy) is 1. The van der Waals surface area contributed by atoms with Crippen LogP contribution in [0.15, 0.2) is 72.0 Å². The molecular weight excluding hydrogens is 499 g/mol. The van der Waals surface area contributed by atoms with E-state index < -0.39 is 17.7 Å². The topological polar surface area (TPSA) is 80.5 Å². The maximum atomic E-state index is 13.9. The molecule has 0 fully saturated rings. The van der Waals surface area contributed by atoms with Crippen LogP contribution in [0.25, 0.3) is 11.3 Å². The number of halogens is 4. The Balaban J connectivity index is 1.64. The number of carbonyl (C=O) groups excluding carboxylic acids is 1. The molecule has 0 spiro atoms. The lowest BCUT2D eigenvalue weighted by atomic mass is 10.2. The average molecular weight is 516 g/mol. The second-order valence-corrected chi connectivity index (χ2v) is 7.98. The minimum absolute atomic E-state index is 0.0390. The van der Waals surface area contributed by atoms with Crippen LogP contribution in [0.4, 0.5) is 25.2 Å². The van der Waals surface area contributed by atoms with Crippen LogP contribution in [-0.2, 0) is 0 Å². The van der Waals surface area contributed by atoms with Crippen molar-refractivity contribution in [1.29, 1.82) is 0 Å². The Hall–Kier alpha value is -3.95. The van der Waals surface area contributed by atoms with Gasteiger partial charge < -0.3 is 10.1 Å². The summed E-state index contributed by atoms with van der Waals surface area (Å²) in [5.74, 6) is -0.971. The summed E-state index contributed by atoms with van der Waals surface area (Å²) in [6, 6.07) is 14.0. The van der Waals surface area contributed by atoms with Crippen molar-refractivity contribution in [3.05, 3.63) is 94.1 Å². The van der Waals surface area contributed by atoms with Crippen LogP contribution in [0.2, 0.25) is 10.0 Å². The third-order valence-electron chi connectivity index (χ3n) is 4.76. The third-order valence-corrected chi connectivity index (χ3v) is 5.32. The third kappa shape index (κ3) is 5.95. The zero-order valence-corrected chi connectivity index (χ0v) is 19.6. The van der Waals surface area contributed by atoms with Crippen molar-refractivity contribution >= 4 is 47.1 Å². The van der Waals surface area contributed by atoms with Crippen molar-refractivity contribution in [2.75, 3.05) is 17.7 Å². The monoisotopic (exact) mass is 515 g/mol. The summed E-state index contributed by atoms with van der Waals surface area (Å²) in [7, 11) is 1.56. The summed E-state index contributed by atoms with van der Waals surface area (Å²) in [4.78, 5) is 17.0. The highest BCUT2D eigenvalue weighted by molar-refractivity contribution is 6.36. The number of urea groups is 1. The van der Waals surface area contributed by atoms with Gasteiger partial charge in [-0.15, -0.1) is 0 Å². The molecule has 2 N–H and O–H groups in total. The highest BCUT2D eigenvalue weighted by Gasteiger charge is 2.14. The molecule has 0 aliphatic heterocycles. The van der Waals surface area contributed by atoms with Crippen molar-refractivity contribution in [2.24, 2.45) is 5.10 Å². The summed E-state index contributed by atoms with van der Waals surface area (Å²) in [5.41, 5.74) is 1.61. The first-order chi connectivity index (χ1) is 16.8. The molecule has 35 heavy (non-hydrogen) atoms. The van der Waals surface area contributed by atoms with Crippen LogP contribution >= 0.6 is 23.2 Å². The van der Waals surface area contributed by atoms with Crippen LogP contribution in [0.3, 0.4) is 0 Å². The minimum Gasteiger partial charge on any atom is -0.497 e.